The van der Waals surface area contributed by atoms with Gasteiger partial charge in [-0.1, -0.05) is 0 Å². The Labute approximate surface area is 106 Å². The molecule has 1 aromatic heterocycles. The maximum absolute atomic E-state index is 13.4. The molecule has 0 aliphatic carbocycles. The standard InChI is InChI=1S/C12H10BrF2NO/c13-12-9(3-4-17-12)11(16)6-7-5-8(14)1-2-10(7)15/h1-5,11H,6,16H2. The van der Waals surface area contributed by atoms with Gasteiger partial charge in [0.15, 0.2) is 4.67 Å². The van der Waals surface area contributed by atoms with Crippen molar-refractivity contribution in [2.45, 2.75) is 12.5 Å². The fraction of sp³-hybridized carbons (Fsp3) is 0.167. The SMILES string of the molecule is NC(Cc1cc(F)ccc1F)c1ccoc1Br. The molecule has 2 nitrogen and oxygen atoms in total. The highest BCUT2D eigenvalue weighted by atomic mass is 79.9. The minimum atomic E-state index is -0.472. The van der Waals surface area contributed by atoms with Crippen molar-refractivity contribution in [2.75, 3.05) is 0 Å². The summed E-state index contributed by atoms with van der Waals surface area (Å²) in [5.74, 6) is -0.929. The normalized spacial score (nSPS) is 12.7. The Morgan fingerprint density at radius 1 is 1.29 bits per heavy atom. The molecule has 0 spiro atoms. The van der Waals surface area contributed by atoms with E-state index in [4.69, 9.17) is 10.2 Å². The minimum absolute atomic E-state index is 0.210. The van der Waals surface area contributed by atoms with Crippen molar-refractivity contribution in [3.63, 3.8) is 0 Å². The summed E-state index contributed by atoms with van der Waals surface area (Å²) in [4.78, 5) is 0. The van der Waals surface area contributed by atoms with E-state index in [9.17, 15) is 8.78 Å². The van der Waals surface area contributed by atoms with Gasteiger partial charge in [-0.2, -0.15) is 0 Å². The summed E-state index contributed by atoms with van der Waals surface area (Å²) >= 11 is 3.20. The molecule has 2 rings (SSSR count). The summed E-state index contributed by atoms with van der Waals surface area (Å²) in [6, 6.07) is 4.59. The van der Waals surface area contributed by atoms with E-state index in [-0.39, 0.29) is 12.0 Å². The van der Waals surface area contributed by atoms with E-state index in [2.05, 4.69) is 15.9 Å². The van der Waals surface area contributed by atoms with E-state index in [1.165, 1.54) is 6.26 Å². The topological polar surface area (TPSA) is 39.2 Å². The summed E-state index contributed by atoms with van der Waals surface area (Å²) in [6.45, 7) is 0. The summed E-state index contributed by atoms with van der Waals surface area (Å²) in [5.41, 5.74) is 6.90. The Morgan fingerprint density at radius 3 is 2.71 bits per heavy atom. The first-order valence-electron chi connectivity index (χ1n) is 5.00. The summed E-state index contributed by atoms with van der Waals surface area (Å²) in [7, 11) is 0. The predicted octanol–water partition coefficient (Wildman–Crippen LogP) is 3.56. The van der Waals surface area contributed by atoms with Crippen LogP contribution in [0.3, 0.4) is 0 Å². The van der Waals surface area contributed by atoms with Gasteiger partial charge in [-0.25, -0.2) is 8.78 Å². The first-order valence-corrected chi connectivity index (χ1v) is 5.79. The molecule has 1 unspecified atom stereocenters. The Morgan fingerprint density at radius 2 is 2.06 bits per heavy atom. The third-order valence-corrected chi connectivity index (χ3v) is 3.14. The van der Waals surface area contributed by atoms with Gasteiger partial charge in [0, 0.05) is 11.6 Å². The van der Waals surface area contributed by atoms with Crippen LogP contribution >= 0.6 is 15.9 Å². The lowest BCUT2D eigenvalue weighted by molar-refractivity contribution is 0.528. The van der Waals surface area contributed by atoms with E-state index in [1.807, 2.05) is 0 Å². The lowest BCUT2D eigenvalue weighted by Gasteiger charge is -2.11. The lowest BCUT2D eigenvalue weighted by Crippen LogP contribution is -2.14. The van der Waals surface area contributed by atoms with E-state index in [1.54, 1.807) is 6.07 Å². The second kappa shape index (κ2) is 4.98. The van der Waals surface area contributed by atoms with Crippen LogP contribution in [0.4, 0.5) is 8.78 Å². The van der Waals surface area contributed by atoms with Crippen molar-refractivity contribution < 1.29 is 13.2 Å². The van der Waals surface area contributed by atoms with Crippen LogP contribution in [0, 0.1) is 11.6 Å². The molecule has 1 atom stereocenters. The van der Waals surface area contributed by atoms with Crippen LogP contribution in [0.2, 0.25) is 0 Å². The number of hydrogen-bond donors (Lipinski definition) is 1. The molecule has 2 aromatic rings. The monoisotopic (exact) mass is 301 g/mol. The summed E-state index contributed by atoms with van der Waals surface area (Å²) in [5, 5.41) is 0. The lowest BCUT2D eigenvalue weighted by atomic mass is 10.0. The molecule has 0 saturated carbocycles. The molecule has 2 N–H and O–H groups in total. The third kappa shape index (κ3) is 2.73. The molecule has 0 amide bonds. The maximum atomic E-state index is 13.4. The largest absolute Gasteiger partial charge is 0.457 e. The molecule has 0 radical (unpaired) electrons. The Kier molecular flexibility index (Phi) is 3.59. The second-order valence-electron chi connectivity index (χ2n) is 3.70. The van der Waals surface area contributed by atoms with Crippen molar-refractivity contribution in [1.29, 1.82) is 0 Å². The van der Waals surface area contributed by atoms with Crippen molar-refractivity contribution >= 4 is 15.9 Å². The fourth-order valence-corrected chi connectivity index (χ4v) is 2.15. The van der Waals surface area contributed by atoms with Crippen LogP contribution in [0.5, 0.6) is 0 Å². The highest BCUT2D eigenvalue weighted by Crippen LogP contribution is 2.26. The average Bonchev–Trinajstić information content (AvgIpc) is 2.70. The van der Waals surface area contributed by atoms with Crippen LogP contribution in [0.1, 0.15) is 17.2 Å². The number of hydrogen-bond acceptors (Lipinski definition) is 2. The van der Waals surface area contributed by atoms with Crippen molar-refractivity contribution in [3.8, 4) is 0 Å². The molecule has 1 heterocycles. The van der Waals surface area contributed by atoms with E-state index in [0.717, 1.165) is 23.8 Å². The van der Waals surface area contributed by atoms with Crippen LogP contribution < -0.4 is 5.73 Å². The van der Waals surface area contributed by atoms with Gasteiger partial charge in [-0.3, -0.25) is 0 Å². The van der Waals surface area contributed by atoms with Crippen LogP contribution in [0.25, 0.3) is 0 Å². The first-order chi connectivity index (χ1) is 8.08. The molecule has 0 bridgehead atoms. The molecule has 1 aromatic carbocycles. The van der Waals surface area contributed by atoms with Crippen molar-refractivity contribution in [3.05, 3.63) is 58.0 Å². The molecule has 0 fully saturated rings. The number of nitrogens with two attached hydrogens (primary N) is 1. The zero-order valence-electron chi connectivity index (χ0n) is 8.79. The number of halogens is 3. The maximum Gasteiger partial charge on any atom is 0.173 e. The summed E-state index contributed by atoms with van der Waals surface area (Å²) < 4.78 is 32.0. The van der Waals surface area contributed by atoms with Gasteiger partial charge in [0.25, 0.3) is 0 Å². The van der Waals surface area contributed by atoms with E-state index >= 15 is 0 Å². The zero-order chi connectivity index (χ0) is 12.4. The van der Waals surface area contributed by atoms with Crippen molar-refractivity contribution in [2.24, 2.45) is 5.73 Å². The number of benzene rings is 1. The first kappa shape index (κ1) is 12.3. The van der Waals surface area contributed by atoms with Gasteiger partial charge in [0.1, 0.15) is 11.6 Å². The van der Waals surface area contributed by atoms with E-state index in [0.29, 0.717) is 4.67 Å². The smallest absolute Gasteiger partial charge is 0.173 e. The Bertz CT molecular complexity index is 527. The number of rotatable bonds is 3. The van der Waals surface area contributed by atoms with Gasteiger partial charge < -0.3 is 10.2 Å². The molecule has 90 valence electrons. The highest BCUT2D eigenvalue weighted by molar-refractivity contribution is 9.10. The predicted molar refractivity (Wildman–Crippen MR) is 63.4 cm³/mol. The molecule has 5 heteroatoms. The Hall–Kier alpha value is -1.20. The van der Waals surface area contributed by atoms with Crippen LogP contribution in [-0.4, -0.2) is 0 Å². The fourth-order valence-electron chi connectivity index (χ4n) is 1.62. The van der Waals surface area contributed by atoms with Gasteiger partial charge in [-0.15, -0.1) is 0 Å². The van der Waals surface area contributed by atoms with Gasteiger partial charge in [0.2, 0.25) is 0 Å². The highest BCUT2D eigenvalue weighted by Gasteiger charge is 2.15. The van der Waals surface area contributed by atoms with Crippen molar-refractivity contribution in [1.82, 2.24) is 0 Å². The number of furan rings is 1. The molecular formula is C12H10BrF2NO. The zero-order valence-corrected chi connectivity index (χ0v) is 10.4. The molecule has 0 aliphatic heterocycles. The van der Waals surface area contributed by atoms with Gasteiger partial charge in [0.05, 0.1) is 6.26 Å². The molecule has 0 saturated heterocycles. The summed E-state index contributed by atoms with van der Waals surface area (Å²) in [6.07, 6.45) is 1.70. The minimum Gasteiger partial charge on any atom is -0.457 e. The van der Waals surface area contributed by atoms with Crippen LogP contribution in [0.15, 0.2) is 39.6 Å². The van der Waals surface area contributed by atoms with Crippen LogP contribution in [-0.2, 0) is 6.42 Å². The Balaban J connectivity index is 2.21. The van der Waals surface area contributed by atoms with Gasteiger partial charge >= 0.3 is 0 Å². The average molecular weight is 302 g/mol. The van der Waals surface area contributed by atoms with Gasteiger partial charge in [-0.05, 0) is 52.2 Å². The van der Waals surface area contributed by atoms with E-state index < -0.39 is 17.7 Å². The molecule has 17 heavy (non-hydrogen) atoms. The third-order valence-electron chi connectivity index (χ3n) is 2.49. The quantitative estimate of drug-likeness (QED) is 0.941. The molecular weight excluding hydrogens is 292 g/mol. The second-order valence-corrected chi connectivity index (χ2v) is 4.42. The molecule has 0 aliphatic rings.